The Hall–Kier alpha value is -2.13. The SMILES string of the molecule is Cc1cc(F)ccc1Cn1cc(C=O)c2ccc(Cl)cc21. The zero-order chi connectivity index (χ0) is 15.0. The second kappa shape index (κ2) is 5.34. The van der Waals surface area contributed by atoms with Crippen molar-refractivity contribution >= 4 is 28.8 Å². The van der Waals surface area contributed by atoms with Crippen LogP contribution in [0.25, 0.3) is 10.9 Å². The van der Waals surface area contributed by atoms with E-state index in [-0.39, 0.29) is 5.82 Å². The fourth-order valence-corrected chi connectivity index (χ4v) is 2.70. The molecule has 0 N–H and O–H groups in total. The van der Waals surface area contributed by atoms with Gasteiger partial charge in [0.2, 0.25) is 0 Å². The molecule has 0 saturated heterocycles. The Morgan fingerprint density at radius 3 is 2.76 bits per heavy atom. The van der Waals surface area contributed by atoms with Gasteiger partial charge < -0.3 is 4.57 Å². The first-order valence-corrected chi connectivity index (χ1v) is 6.95. The quantitative estimate of drug-likeness (QED) is 0.648. The molecule has 0 fully saturated rings. The van der Waals surface area contributed by atoms with Gasteiger partial charge in [-0.15, -0.1) is 0 Å². The molecule has 0 aliphatic heterocycles. The Morgan fingerprint density at radius 1 is 1.24 bits per heavy atom. The lowest BCUT2D eigenvalue weighted by atomic mass is 10.1. The van der Waals surface area contributed by atoms with Crippen LogP contribution in [0.15, 0.2) is 42.6 Å². The van der Waals surface area contributed by atoms with Gasteiger partial charge in [0.1, 0.15) is 5.82 Å². The van der Waals surface area contributed by atoms with Crippen molar-refractivity contribution in [1.82, 2.24) is 4.57 Å². The van der Waals surface area contributed by atoms with Crippen LogP contribution in [-0.4, -0.2) is 10.9 Å². The predicted octanol–water partition coefficient (Wildman–Crippen LogP) is 4.60. The van der Waals surface area contributed by atoms with Gasteiger partial charge in [-0.25, -0.2) is 4.39 Å². The number of benzene rings is 2. The van der Waals surface area contributed by atoms with Gasteiger partial charge in [-0.05, 0) is 42.3 Å². The number of nitrogens with zero attached hydrogens (tertiary/aromatic N) is 1. The summed E-state index contributed by atoms with van der Waals surface area (Å²) in [5.74, 6) is -0.245. The zero-order valence-corrected chi connectivity index (χ0v) is 12.2. The number of carbonyl (C=O) groups excluding carboxylic acids is 1. The van der Waals surface area contributed by atoms with Crippen molar-refractivity contribution in [2.24, 2.45) is 0 Å². The van der Waals surface area contributed by atoms with E-state index in [1.165, 1.54) is 12.1 Å². The summed E-state index contributed by atoms with van der Waals surface area (Å²) >= 11 is 6.05. The van der Waals surface area contributed by atoms with Crippen LogP contribution in [0.2, 0.25) is 5.02 Å². The van der Waals surface area contributed by atoms with E-state index in [1.54, 1.807) is 18.3 Å². The highest BCUT2D eigenvalue weighted by atomic mass is 35.5. The molecule has 3 aromatic rings. The molecule has 106 valence electrons. The highest BCUT2D eigenvalue weighted by Gasteiger charge is 2.10. The Labute approximate surface area is 126 Å². The summed E-state index contributed by atoms with van der Waals surface area (Å²) in [5, 5.41) is 1.49. The Bertz CT molecular complexity index is 838. The number of aromatic nitrogens is 1. The third-order valence-corrected chi connectivity index (χ3v) is 3.88. The standard InChI is InChI=1S/C17H13ClFNO/c1-11-6-15(19)4-2-12(11)8-20-9-13(10-21)16-5-3-14(18)7-17(16)20/h2-7,9-10H,8H2,1H3. The Kier molecular flexibility index (Phi) is 3.52. The maximum atomic E-state index is 13.2. The van der Waals surface area contributed by atoms with Crippen LogP contribution in [0.3, 0.4) is 0 Å². The first-order chi connectivity index (χ1) is 10.1. The Morgan fingerprint density at radius 2 is 2.05 bits per heavy atom. The first-order valence-electron chi connectivity index (χ1n) is 6.57. The van der Waals surface area contributed by atoms with Gasteiger partial charge in [0.25, 0.3) is 0 Å². The molecule has 0 amide bonds. The largest absolute Gasteiger partial charge is 0.342 e. The second-order valence-corrected chi connectivity index (χ2v) is 5.50. The first kappa shape index (κ1) is 13.8. The van der Waals surface area contributed by atoms with Crippen molar-refractivity contribution < 1.29 is 9.18 Å². The summed E-state index contributed by atoms with van der Waals surface area (Å²) < 4.78 is 15.1. The van der Waals surface area contributed by atoms with Gasteiger partial charge in [0.05, 0.1) is 5.52 Å². The Balaban J connectivity index is 2.11. The van der Waals surface area contributed by atoms with Crippen LogP contribution in [0, 0.1) is 12.7 Å². The number of halogens is 2. The minimum absolute atomic E-state index is 0.245. The normalized spacial score (nSPS) is 11.0. The number of aryl methyl sites for hydroxylation is 1. The van der Waals surface area contributed by atoms with E-state index in [4.69, 9.17) is 11.6 Å². The summed E-state index contributed by atoms with van der Waals surface area (Å²) in [5.41, 5.74) is 3.41. The molecule has 3 rings (SSSR count). The summed E-state index contributed by atoms with van der Waals surface area (Å²) in [7, 11) is 0. The monoisotopic (exact) mass is 301 g/mol. The third-order valence-electron chi connectivity index (χ3n) is 3.65. The number of fused-ring (bicyclic) bond motifs is 1. The van der Waals surface area contributed by atoms with E-state index in [0.717, 1.165) is 28.3 Å². The lowest BCUT2D eigenvalue weighted by molar-refractivity contribution is 0.112. The number of rotatable bonds is 3. The fraction of sp³-hybridized carbons (Fsp3) is 0.118. The molecule has 0 saturated carbocycles. The summed E-state index contributed by atoms with van der Waals surface area (Å²) in [4.78, 5) is 11.2. The average Bonchev–Trinajstić information content (AvgIpc) is 2.79. The lowest BCUT2D eigenvalue weighted by Gasteiger charge is -2.09. The smallest absolute Gasteiger partial charge is 0.152 e. The topological polar surface area (TPSA) is 22.0 Å². The van der Waals surface area contributed by atoms with Gasteiger partial charge >= 0.3 is 0 Å². The molecule has 2 aromatic carbocycles. The molecule has 1 aromatic heterocycles. The highest BCUT2D eigenvalue weighted by molar-refractivity contribution is 6.31. The maximum Gasteiger partial charge on any atom is 0.152 e. The molecule has 0 aliphatic carbocycles. The molecular formula is C17H13ClFNO. The molecule has 0 spiro atoms. The van der Waals surface area contributed by atoms with E-state index < -0.39 is 0 Å². The zero-order valence-electron chi connectivity index (χ0n) is 11.4. The van der Waals surface area contributed by atoms with Gasteiger partial charge in [-0.2, -0.15) is 0 Å². The molecule has 0 unspecified atom stereocenters. The summed E-state index contributed by atoms with van der Waals surface area (Å²) in [6.45, 7) is 2.44. The molecule has 2 nitrogen and oxygen atoms in total. The predicted molar refractivity (Wildman–Crippen MR) is 82.6 cm³/mol. The minimum atomic E-state index is -0.245. The number of aldehydes is 1. The lowest BCUT2D eigenvalue weighted by Crippen LogP contribution is -2.00. The minimum Gasteiger partial charge on any atom is -0.342 e. The van der Waals surface area contributed by atoms with E-state index in [9.17, 15) is 9.18 Å². The van der Waals surface area contributed by atoms with E-state index in [0.29, 0.717) is 17.1 Å². The van der Waals surface area contributed by atoms with Gasteiger partial charge in [-0.1, -0.05) is 23.7 Å². The molecule has 0 atom stereocenters. The van der Waals surface area contributed by atoms with Gasteiger partial charge in [0, 0.05) is 28.7 Å². The number of hydrogen-bond donors (Lipinski definition) is 0. The highest BCUT2D eigenvalue weighted by Crippen LogP contribution is 2.25. The van der Waals surface area contributed by atoms with Crippen molar-refractivity contribution in [3.05, 3.63) is 70.1 Å². The van der Waals surface area contributed by atoms with Crippen LogP contribution in [0.5, 0.6) is 0 Å². The molecule has 0 aliphatic rings. The van der Waals surface area contributed by atoms with Crippen LogP contribution < -0.4 is 0 Å². The van der Waals surface area contributed by atoms with Crippen LogP contribution in [0.1, 0.15) is 21.5 Å². The molecule has 0 bridgehead atoms. The maximum absolute atomic E-state index is 13.2. The van der Waals surface area contributed by atoms with E-state index in [1.807, 2.05) is 23.6 Å². The third kappa shape index (κ3) is 2.57. The molecule has 1 heterocycles. The average molecular weight is 302 g/mol. The van der Waals surface area contributed by atoms with Gasteiger partial charge in [0.15, 0.2) is 6.29 Å². The molecular weight excluding hydrogens is 289 g/mol. The molecule has 0 radical (unpaired) electrons. The van der Waals surface area contributed by atoms with E-state index in [2.05, 4.69) is 0 Å². The number of hydrogen-bond acceptors (Lipinski definition) is 1. The fourth-order valence-electron chi connectivity index (χ4n) is 2.54. The number of carbonyl (C=O) groups is 1. The van der Waals surface area contributed by atoms with Crippen molar-refractivity contribution in [3.8, 4) is 0 Å². The van der Waals surface area contributed by atoms with Crippen LogP contribution >= 0.6 is 11.6 Å². The van der Waals surface area contributed by atoms with Crippen molar-refractivity contribution in [1.29, 1.82) is 0 Å². The summed E-state index contributed by atoms with van der Waals surface area (Å²) in [6.07, 6.45) is 2.64. The van der Waals surface area contributed by atoms with Crippen LogP contribution in [0.4, 0.5) is 4.39 Å². The molecule has 21 heavy (non-hydrogen) atoms. The van der Waals surface area contributed by atoms with E-state index >= 15 is 0 Å². The van der Waals surface area contributed by atoms with Crippen molar-refractivity contribution in [2.75, 3.05) is 0 Å². The van der Waals surface area contributed by atoms with Gasteiger partial charge in [-0.3, -0.25) is 4.79 Å². The second-order valence-electron chi connectivity index (χ2n) is 5.06. The molecule has 4 heteroatoms. The van der Waals surface area contributed by atoms with Crippen molar-refractivity contribution in [2.45, 2.75) is 13.5 Å². The van der Waals surface area contributed by atoms with Crippen molar-refractivity contribution in [3.63, 3.8) is 0 Å². The van der Waals surface area contributed by atoms with Crippen LogP contribution in [-0.2, 0) is 6.54 Å². The summed E-state index contributed by atoms with van der Waals surface area (Å²) in [6, 6.07) is 10.2.